The zero-order valence-electron chi connectivity index (χ0n) is 20.6. The van der Waals surface area contributed by atoms with Gasteiger partial charge in [0.1, 0.15) is 18.1 Å². The molecule has 12 nitrogen and oxygen atoms in total. The number of nitrogens with one attached hydrogen (secondary N) is 4. The van der Waals surface area contributed by atoms with Gasteiger partial charge in [0.2, 0.25) is 17.7 Å². The summed E-state index contributed by atoms with van der Waals surface area (Å²) in [6, 6.07) is -3.91. The molecule has 13 heteroatoms. The van der Waals surface area contributed by atoms with Gasteiger partial charge >= 0.3 is 5.97 Å². The molecule has 0 aromatic carbocycles. The fourth-order valence-corrected chi connectivity index (χ4v) is 3.67. The maximum Gasteiger partial charge on any atom is 0.326 e. The number of imidazole rings is 1. The molecule has 0 radical (unpaired) electrons. The summed E-state index contributed by atoms with van der Waals surface area (Å²) in [7, 11) is 0. The lowest BCUT2D eigenvalue weighted by atomic mass is 10.0. The number of carbonyl (C=O) groups is 4. The zero-order chi connectivity index (χ0) is 26.4. The highest BCUT2D eigenvalue weighted by molar-refractivity contribution is 7.98. The van der Waals surface area contributed by atoms with Crippen LogP contribution in [0.25, 0.3) is 0 Å². The summed E-state index contributed by atoms with van der Waals surface area (Å²) in [5, 5.41) is 17.3. The molecule has 0 saturated carbocycles. The summed E-state index contributed by atoms with van der Waals surface area (Å²) in [5.41, 5.74) is 12.1. The summed E-state index contributed by atoms with van der Waals surface area (Å²) in [6.45, 7) is 4.00. The lowest BCUT2D eigenvalue weighted by Crippen LogP contribution is -2.58. The molecular formula is C22H39N7O5S. The topological polar surface area (TPSA) is 205 Å². The molecule has 0 aliphatic rings. The quantitative estimate of drug-likeness (QED) is 0.132. The number of carbonyl (C=O) groups excluding carboxylic acids is 3. The van der Waals surface area contributed by atoms with Crippen molar-refractivity contribution in [2.24, 2.45) is 17.4 Å². The number of rotatable bonds is 17. The molecular weight excluding hydrogens is 474 g/mol. The Kier molecular flexibility index (Phi) is 14.0. The first-order valence-electron chi connectivity index (χ1n) is 11.7. The Labute approximate surface area is 210 Å². The van der Waals surface area contributed by atoms with E-state index < -0.39 is 47.9 Å². The molecule has 1 aromatic heterocycles. The van der Waals surface area contributed by atoms with Gasteiger partial charge in [0, 0.05) is 18.3 Å². The number of carboxylic acids is 1. The number of thioether (sulfide) groups is 1. The molecule has 4 unspecified atom stereocenters. The zero-order valence-corrected chi connectivity index (χ0v) is 21.4. The number of H-pyrrole nitrogens is 1. The van der Waals surface area contributed by atoms with Crippen molar-refractivity contribution < 1.29 is 24.3 Å². The van der Waals surface area contributed by atoms with Crippen molar-refractivity contribution >= 4 is 35.5 Å². The van der Waals surface area contributed by atoms with Crippen LogP contribution in [0.4, 0.5) is 0 Å². The van der Waals surface area contributed by atoms with E-state index in [9.17, 15) is 24.3 Å². The summed E-state index contributed by atoms with van der Waals surface area (Å²) < 4.78 is 0. The molecule has 0 spiro atoms. The van der Waals surface area contributed by atoms with Gasteiger partial charge in [0.15, 0.2) is 0 Å². The second-order valence-electron chi connectivity index (χ2n) is 8.64. The van der Waals surface area contributed by atoms with Crippen LogP contribution < -0.4 is 27.4 Å². The van der Waals surface area contributed by atoms with Crippen molar-refractivity contribution in [2.75, 3.05) is 18.6 Å². The van der Waals surface area contributed by atoms with E-state index >= 15 is 0 Å². The minimum absolute atomic E-state index is 0.102. The Morgan fingerprint density at radius 3 is 2.20 bits per heavy atom. The van der Waals surface area contributed by atoms with E-state index in [1.54, 1.807) is 13.8 Å². The highest BCUT2D eigenvalue weighted by Crippen LogP contribution is 2.08. The molecule has 35 heavy (non-hydrogen) atoms. The van der Waals surface area contributed by atoms with Gasteiger partial charge in [-0.2, -0.15) is 11.8 Å². The summed E-state index contributed by atoms with van der Waals surface area (Å²) in [5.74, 6) is -2.43. The van der Waals surface area contributed by atoms with E-state index in [-0.39, 0.29) is 25.2 Å². The van der Waals surface area contributed by atoms with Gasteiger partial charge in [-0.25, -0.2) is 9.78 Å². The SMILES string of the molecule is CSCCC(NC(=O)C(CCCCN)NC(=O)C(Cc1cnc[nH]1)NC(=O)C(N)C(C)C)C(=O)O. The molecule has 0 saturated heterocycles. The standard InChI is InChI=1S/C22H39N7O5S/c1-13(2)18(24)21(32)29-17(10-14-11-25-12-26-14)20(31)27-15(6-4-5-8-23)19(30)28-16(22(33)34)7-9-35-3/h11-13,15-18H,4-10,23-24H2,1-3H3,(H,25,26)(H,27,31)(H,28,30)(H,29,32)(H,33,34). The highest BCUT2D eigenvalue weighted by atomic mass is 32.2. The lowest BCUT2D eigenvalue weighted by Gasteiger charge is -2.25. The minimum atomic E-state index is -1.15. The van der Waals surface area contributed by atoms with E-state index in [1.165, 1.54) is 24.3 Å². The second-order valence-corrected chi connectivity index (χ2v) is 9.62. The first-order valence-corrected chi connectivity index (χ1v) is 13.1. The summed E-state index contributed by atoms with van der Waals surface area (Å²) >= 11 is 1.47. The van der Waals surface area contributed by atoms with Gasteiger partial charge in [-0.05, 0) is 50.2 Å². The van der Waals surface area contributed by atoms with Crippen LogP contribution in [0.5, 0.6) is 0 Å². The molecule has 1 rings (SSSR count). The Hall–Kier alpha value is -2.64. The van der Waals surface area contributed by atoms with E-state index in [4.69, 9.17) is 11.5 Å². The number of nitrogens with two attached hydrogens (primary N) is 2. The number of unbranched alkanes of at least 4 members (excludes halogenated alkanes) is 1. The molecule has 0 aliphatic heterocycles. The van der Waals surface area contributed by atoms with E-state index in [0.717, 1.165) is 0 Å². The van der Waals surface area contributed by atoms with Gasteiger partial charge in [-0.15, -0.1) is 0 Å². The van der Waals surface area contributed by atoms with Crippen LogP contribution in [0.15, 0.2) is 12.5 Å². The third-order valence-electron chi connectivity index (χ3n) is 5.44. The maximum atomic E-state index is 13.2. The largest absolute Gasteiger partial charge is 0.480 e. The first kappa shape index (κ1) is 30.4. The average molecular weight is 514 g/mol. The number of aliphatic carboxylic acids is 1. The second kappa shape index (κ2) is 16.1. The molecule has 3 amide bonds. The van der Waals surface area contributed by atoms with E-state index in [1.807, 2.05) is 6.26 Å². The number of aromatic nitrogens is 2. The third-order valence-corrected chi connectivity index (χ3v) is 6.08. The number of amides is 3. The van der Waals surface area contributed by atoms with Gasteiger partial charge < -0.3 is 37.5 Å². The van der Waals surface area contributed by atoms with Gasteiger partial charge in [0.25, 0.3) is 0 Å². The summed E-state index contributed by atoms with van der Waals surface area (Å²) in [4.78, 5) is 57.1. The summed E-state index contributed by atoms with van der Waals surface area (Å²) in [6.07, 6.45) is 6.62. The van der Waals surface area contributed by atoms with Gasteiger partial charge in [-0.3, -0.25) is 14.4 Å². The van der Waals surface area contributed by atoms with Crippen molar-refractivity contribution in [2.45, 2.75) is 70.1 Å². The van der Waals surface area contributed by atoms with Crippen LogP contribution in [0, 0.1) is 5.92 Å². The van der Waals surface area contributed by atoms with Crippen LogP contribution in [0.3, 0.4) is 0 Å². The molecule has 0 bridgehead atoms. The van der Waals surface area contributed by atoms with Crippen LogP contribution >= 0.6 is 11.8 Å². The van der Waals surface area contributed by atoms with Crippen molar-refractivity contribution in [3.63, 3.8) is 0 Å². The van der Waals surface area contributed by atoms with E-state index in [2.05, 4.69) is 25.9 Å². The molecule has 9 N–H and O–H groups in total. The molecule has 1 heterocycles. The number of aromatic amines is 1. The lowest BCUT2D eigenvalue weighted by molar-refractivity contribution is -0.142. The Bertz CT molecular complexity index is 806. The maximum absolute atomic E-state index is 13.2. The highest BCUT2D eigenvalue weighted by Gasteiger charge is 2.30. The average Bonchev–Trinajstić information content (AvgIpc) is 3.32. The number of hydrogen-bond acceptors (Lipinski definition) is 8. The molecule has 4 atom stereocenters. The van der Waals surface area contributed by atoms with Crippen molar-refractivity contribution in [3.8, 4) is 0 Å². The third kappa shape index (κ3) is 11.1. The first-order chi connectivity index (χ1) is 16.6. The molecule has 1 aromatic rings. The Balaban J connectivity index is 3.03. The van der Waals surface area contributed by atoms with Gasteiger partial charge in [0.05, 0.1) is 12.4 Å². The Morgan fingerprint density at radius 1 is 1.03 bits per heavy atom. The monoisotopic (exact) mass is 513 g/mol. The van der Waals surface area contributed by atoms with Crippen LogP contribution in [0.2, 0.25) is 0 Å². The van der Waals surface area contributed by atoms with Crippen LogP contribution in [-0.4, -0.2) is 81.5 Å². The predicted molar refractivity (Wildman–Crippen MR) is 134 cm³/mol. The van der Waals surface area contributed by atoms with Crippen molar-refractivity contribution in [3.05, 3.63) is 18.2 Å². The van der Waals surface area contributed by atoms with Crippen LogP contribution in [-0.2, 0) is 25.6 Å². The molecule has 0 fully saturated rings. The number of carboxylic acid groups (broad SMARTS) is 1. The van der Waals surface area contributed by atoms with Crippen molar-refractivity contribution in [1.29, 1.82) is 0 Å². The number of hydrogen-bond donors (Lipinski definition) is 7. The number of nitrogens with zero attached hydrogens (tertiary/aromatic N) is 1. The smallest absolute Gasteiger partial charge is 0.326 e. The fourth-order valence-electron chi connectivity index (χ4n) is 3.20. The molecule has 198 valence electrons. The minimum Gasteiger partial charge on any atom is -0.480 e. The predicted octanol–water partition coefficient (Wildman–Crippen LogP) is -0.643. The van der Waals surface area contributed by atoms with Crippen LogP contribution in [0.1, 0.15) is 45.2 Å². The normalized spacial score (nSPS) is 14.6. The fraction of sp³-hybridized carbons (Fsp3) is 0.682. The van der Waals surface area contributed by atoms with E-state index in [0.29, 0.717) is 30.8 Å². The van der Waals surface area contributed by atoms with Gasteiger partial charge in [-0.1, -0.05) is 13.8 Å². The Morgan fingerprint density at radius 2 is 1.66 bits per heavy atom. The van der Waals surface area contributed by atoms with Crippen molar-refractivity contribution in [1.82, 2.24) is 25.9 Å². The molecule has 0 aliphatic carbocycles.